The zero-order valence-corrected chi connectivity index (χ0v) is 10.2. The summed E-state index contributed by atoms with van der Waals surface area (Å²) in [5.74, 6) is -0.508. The Morgan fingerprint density at radius 2 is 2.28 bits per heavy atom. The molecule has 0 spiro atoms. The molecule has 0 aliphatic carbocycles. The van der Waals surface area contributed by atoms with Crippen molar-refractivity contribution in [2.45, 2.75) is 20.3 Å². The van der Waals surface area contributed by atoms with Crippen molar-refractivity contribution < 1.29 is 9.18 Å². The number of nitrogens with one attached hydrogen (secondary N) is 2. The van der Waals surface area contributed by atoms with Gasteiger partial charge in [0.15, 0.2) is 0 Å². The van der Waals surface area contributed by atoms with Gasteiger partial charge in [0.2, 0.25) is 5.91 Å². The van der Waals surface area contributed by atoms with E-state index in [1.54, 1.807) is 12.1 Å². The lowest BCUT2D eigenvalue weighted by Crippen LogP contribution is -2.07. The van der Waals surface area contributed by atoms with Gasteiger partial charge in [-0.1, -0.05) is 19.1 Å². The number of H-pyrrole nitrogens is 1. The monoisotopic (exact) mass is 247 g/mol. The summed E-state index contributed by atoms with van der Waals surface area (Å²) in [6.07, 6.45) is 0.706. The average Bonchev–Trinajstić information content (AvgIpc) is 2.71. The lowest BCUT2D eigenvalue weighted by Gasteiger charge is -2.05. The molecule has 0 aliphatic heterocycles. The number of anilines is 1. The van der Waals surface area contributed by atoms with Crippen LogP contribution in [0.5, 0.6) is 0 Å². The van der Waals surface area contributed by atoms with Crippen molar-refractivity contribution in [2.75, 3.05) is 5.32 Å². The maximum Gasteiger partial charge on any atom is 0.221 e. The molecular weight excluding hydrogens is 233 g/mol. The van der Waals surface area contributed by atoms with Crippen LogP contribution in [0, 0.1) is 5.82 Å². The number of aromatic amines is 1. The number of hydrogen-bond donors (Lipinski definition) is 2. The van der Waals surface area contributed by atoms with Gasteiger partial charge in [0, 0.05) is 12.5 Å². The first-order valence-corrected chi connectivity index (χ1v) is 5.72. The highest BCUT2D eigenvalue weighted by molar-refractivity contribution is 5.94. The van der Waals surface area contributed by atoms with Gasteiger partial charge >= 0.3 is 0 Å². The normalized spacial score (nSPS) is 10.4. The smallest absolute Gasteiger partial charge is 0.221 e. The summed E-state index contributed by atoms with van der Waals surface area (Å²) >= 11 is 0. The van der Waals surface area contributed by atoms with Crippen molar-refractivity contribution in [3.05, 3.63) is 35.8 Å². The molecule has 0 saturated carbocycles. The van der Waals surface area contributed by atoms with E-state index in [0.29, 0.717) is 23.4 Å². The molecule has 0 radical (unpaired) electrons. The number of rotatable bonds is 3. The van der Waals surface area contributed by atoms with Crippen molar-refractivity contribution in [1.82, 2.24) is 10.2 Å². The summed E-state index contributed by atoms with van der Waals surface area (Å²) in [6, 6.07) is 6.13. The first-order chi connectivity index (χ1) is 8.61. The largest absolute Gasteiger partial charge is 0.323 e. The molecule has 94 valence electrons. The lowest BCUT2D eigenvalue weighted by atomic mass is 10.1. The quantitative estimate of drug-likeness (QED) is 0.876. The molecule has 4 nitrogen and oxygen atoms in total. The van der Waals surface area contributed by atoms with Gasteiger partial charge in [-0.05, 0) is 18.6 Å². The van der Waals surface area contributed by atoms with Gasteiger partial charge in [0.1, 0.15) is 11.5 Å². The summed E-state index contributed by atoms with van der Waals surface area (Å²) in [4.78, 5) is 11.2. The fraction of sp³-hybridized carbons (Fsp3) is 0.231. The van der Waals surface area contributed by atoms with Crippen LogP contribution in [-0.2, 0) is 11.2 Å². The number of amides is 1. The molecule has 2 aromatic rings. The summed E-state index contributed by atoms with van der Waals surface area (Å²) < 4.78 is 13.2. The zero-order chi connectivity index (χ0) is 13.1. The molecule has 0 aliphatic rings. The Morgan fingerprint density at radius 3 is 2.89 bits per heavy atom. The molecule has 2 rings (SSSR count). The second kappa shape index (κ2) is 5.00. The number of carbonyl (C=O) groups is 1. The number of aromatic nitrogens is 2. The Kier molecular flexibility index (Phi) is 3.41. The molecule has 1 heterocycles. The molecular formula is C13H14FN3O. The van der Waals surface area contributed by atoms with Gasteiger partial charge in [-0.3, -0.25) is 9.89 Å². The van der Waals surface area contributed by atoms with E-state index in [2.05, 4.69) is 15.5 Å². The molecule has 0 bridgehead atoms. The van der Waals surface area contributed by atoms with Crippen molar-refractivity contribution >= 4 is 11.6 Å². The van der Waals surface area contributed by atoms with Crippen LogP contribution >= 0.6 is 0 Å². The summed E-state index contributed by atoms with van der Waals surface area (Å²) in [6.45, 7) is 3.38. The summed E-state index contributed by atoms with van der Waals surface area (Å²) in [7, 11) is 0. The number of hydrogen-bond acceptors (Lipinski definition) is 2. The number of benzene rings is 1. The van der Waals surface area contributed by atoms with Gasteiger partial charge in [0.25, 0.3) is 0 Å². The van der Waals surface area contributed by atoms with E-state index in [4.69, 9.17) is 0 Å². The molecule has 1 aromatic carbocycles. The minimum atomic E-state index is -0.331. The molecule has 18 heavy (non-hydrogen) atoms. The second-order valence-corrected chi connectivity index (χ2v) is 3.97. The summed E-state index contributed by atoms with van der Waals surface area (Å²) in [5.41, 5.74) is 2.64. The predicted molar refractivity (Wildman–Crippen MR) is 67.7 cm³/mol. The van der Waals surface area contributed by atoms with E-state index in [1.165, 1.54) is 19.1 Å². The second-order valence-electron chi connectivity index (χ2n) is 3.97. The van der Waals surface area contributed by atoms with E-state index in [1.807, 2.05) is 6.92 Å². The highest BCUT2D eigenvalue weighted by atomic mass is 19.1. The van der Waals surface area contributed by atoms with Crippen molar-refractivity contribution in [3.63, 3.8) is 0 Å². The van der Waals surface area contributed by atoms with Crippen LogP contribution in [0.15, 0.2) is 24.3 Å². The van der Waals surface area contributed by atoms with Crippen LogP contribution in [0.3, 0.4) is 0 Å². The Hall–Kier alpha value is -2.17. The molecule has 2 N–H and O–H groups in total. The van der Waals surface area contributed by atoms with E-state index in [0.717, 1.165) is 5.69 Å². The van der Waals surface area contributed by atoms with Crippen LogP contribution in [0.4, 0.5) is 10.1 Å². The third kappa shape index (κ3) is 2.40. The number of carbonyl (C=O) groups excluding carboxylic acids is 1. The molecule has 1 amide bonds. The van der Waals surface area contributed by atoms with E-state index < -0.39 is 0 Å². The molecule has 1 aromatic heterocycles. The first-order valence-electron chi connectivity index (χ1n) is 5.72. The minimum absolute atomic E-state index is 0.177. The highest BCUT2D eigenvalue weighted by Crippen LogP contribution is 2.29. The third-order valence-electron chi connectivity index (χ3n) is 2.59. The van der Waals surface area contributed by atoms with Crippen LogP contribution < -0.4 is 5.32 Å². The number of nitrogens with zero attached hydrogens (tertiary/aromatic N) is 1. The minimum Gasteiger partial charge on any atom is -0.323 e. The third-order valence-corrected chi connectivity index (χ3v) is 2.59. The number of aryl methyl sites for hydroxylation is 1. The van der Waals surface area contributed by atoms with E-state index in [9.17, 15) is 9.18 Å². The fourth-order valence-corrected chi connectivity index (χ4v) is 1.79. The molecule has 5 heteroatoms. The van der Waals surface area contributed by atoms with Gasteiger partial charge in [-0.15, -0.1) is 0 Å². The predicted octanol–water partition coefficient (Wildman–Crippen LogP) is 2.74. The average molecular weight is 247 g/mol. The van der Waals surface area contributed by atoms with Crippen molar-refractivity contribution in [3.8, 4) is 11.3 Å². The van der Waals surface area contributed by atoms with E-state index >= 15 is 0 Å². The SMILES string of the molecule is CCc1[nH]nc(-c2cccc(F)c2)c1NC(C)=O. The van der Waals surface area contributed by atoms with Gasteiger partial charge in [0.05, 0.1) is 11.4 Å². The molecule has 0 saturated heterocycles. The molecule has 0 fully saturated rings. The molecule has 0 atom stereocenters. The van der Waals surface area contributed by atoms with Crippen LogP contribution in [0.25, 0.3) is 11.3 Å². The van der Waals surface area contributed by atoms with E-state index in [-0.39, 0.29) is 11.7 Å². The van der Waals surface area contributed by atoms with Crippen LogP contribution in [0.2, 0.25) is 0 Å². The summed E-state index contributed by atoms with van der Waals surface area (Å²) in [5, 5.41) is 9.74. The lowest BCUT2D eigenvalue weighted by molar-refractivity contribution is -0.114. The Labute approximate surface area is 104 Å². The Morgan fingerprint density at radius 1 is 1.50 bits per heavy atom. The number of halogens is 1. The highest BCUT2D eigenvalue weighted by Gasteiger charge is 2.15. The fourth-order valence-electron chi connectivity index (χ4n) is 1.79. The maximum atomic E-state index is 13.2. The standard InChI is InChI=1S/C13H14FN3O/c1-3-11-13(15-8(2)18)12(17-16-11)9-5-4-6-10(14)7-9/h4-7H,3H2,1-2H3,(H,15,18)(H,16,17). The van der Waals surface area contributed by atoms with Gasteiger partial charge in [-0.25, -0.2) is 4.39 Å². The van der Waals surface area contributed by atoms with Crippen LogP contribution in [0.1, 0.15) is 19.5 Å². The Balaban J connectivity index is 2.50. The zero-order valence-electron chi connectivity index (χ0n) is 10.2. The van der Waals surface area contributed by atoms with Crippen molar-refractivity contribution in [1.29, 1.82) is 0 Å². The Bertz CT molecular complexity index is 577. The van der Waals surface area contributed by atoms with Crippen LogP contribution in [-0.4, -0.2) is 16.1 Å². The maximum absolute atomic E-state index is 13.2. The van der Waals surface area contributed by atoms with Gasteiger partial charge in [-0.2, -0.15) is 5.10 Å². The van der Waals surface area contributed by atoms with Gasteiger partial charge < -0.3 is 5.32 Å². The topological polar surface area (TPSA) is 57.8 Å². The first kappa shape index (κ1) is 12.3. The van der Waals surface area contributed by atoms with Crippen molar-refractivity contribution in [2.24, 2.45) is 0 Å². The molecule has 0 unspecified atom stereocenters.